The molecular formula is C20H13ClFN3O4. The summed E-state index contributed by atoms with van der Waals surface area (Å²) in [5.41, 5.74) is 0.188. The largest absolute Gasteiger partial charge is 0.452 e. The fourth-order valence-electron chi connectivity index (χ4n) is 2.59. The summed E-state index contributed by atoms with van der Waals surface area (Å²) in [4.78, 5) is 24.6. The summed E-state index contributed by atoms with van der Waals surface area (Å²) >= 11 is 6.03. The molecule has 0 fully saturated rings. The molecule has 29 heavy (non-hydrogen) atoms. The SMILES string of the molecule is Cc1onc(-c2c(F)cccc2Cl)c1C(=O)OCC(=O)Nc1ccccc1C#N. The minimum absolute atomic E-state index is 0.0400. The first kappa shape index (κ1) is 20.0. The van der Waals surface area contributed by atoms with E-state index in [2.05, 4.69) is 10.5 Å². The maximum atomic E-state index is 14.2. The Bertz CT molecular complexity index is 1120. The zero-order chi connectivity index (χ0) is 21.0. The number of anilines is 1. The van der Waals surface area contributed by atoms with Crippen molar-refractivity contribution in [1.82, 2.24) is 5.16 Å². The molecule has 2 aromatic carbocycles. The van der Waals surface area contributed by atoms with Crippen molar-refractivity contribution in [3.8, 4) is 17.3 Å². The highest BCUT2D eigenvalue weighted by Gasteiger charge is 2.27. The number of para-hydroxylation sites is 1. The molecule has 7 nitrogen and oxygen atoms in total. The topological polar surface area (TPSA) is 105 Å². The lowest BCUT2D eigenvalue weighted by Gasteiger charge is -2.08. The maximum Gasteiger partial charge on any atom is 0.344 e. The first-order chi connectivity index (χ1) is 13.9. The van der Waals surface area contributed by atoms with E-state index in [-0.39, 0.29) is 38.9 Å². The summed E-state index contributed by atoms with van der Waals surface area (Å²) in [7, 11) is 0. The summed E-state index contributed by atoms with van der Waals surface area (Å²) in [6.45, 7) is 0.818. The smallest absolute Gasteiger partial charge is 0.344 e. The standard InChI is InChI=1S/C20H13ClFN3O4/c1-11-17(19(25-29-11)18-13(21)6-4-7-14(18)22)20(27)28-10-16(26)24-15-8-3-2-5-12(15)9-23/h2-8H,10H2,1H3,(H,24,26). The number of nitrogens with one attached hydrogen (secondary N) is 1. The number of amides is 1. The normalized spacial score (nSPS) is 10.3. The zero-order valence-electron chi connectivity index (χ0n) is 15.0. The van der Waals surface area contributed by atoms with Crippen molar-refractivity contribution in [3.63, 3.8) is 0 Å². The Labute approximate surface area is 169 Å². The van der Waals surface area contributed by atoms with E-state index in [1.807, 2.05) is 6.07 Å². The number of benzene rings is 2. The number of nitrogens with zero attached hydrogens (tertiary/aromatic N) is 2. The third kappa shape index (κ3) is 4.25. The molecule has 1 amide bonds. The van der Waals surface area contributed by atoms with Crippen LogP contribution in [-0.4, -0.2) is 23.6 Å². The van der Waals surface area contributed by atoms with Gasteiger partial charge in [-0.25, -0.2) is 9.18 Å². The van der Waals surface area contributed by atoms with Crippen LogP contribution in [0.3, 0.4) is 0 Å². The molecule has 3 rings (SSSR count). The van der Waals surface area contributed by atoms with E-state index in [9.17, 15) is 14.0 Å². The van der Waals surface area contributed by atoms with Crippen molar-refractivity contribution >= 4 is 29.2 Å². The summed E-state index contributed by atoms with van der Waals surface area (Å²) in [6, 6.07) is 12.3. The number of rotatable bonds is 5. The van der Waals surface area contributed by atoms with Gasteiger partial charge in [-0.2, -0.15) is 5.26 Å². The number of esters is 1. The second-order valence-corrected chi connectivity index (χ2v) is 6.25. The van der Waals surface area contributed by atoms with Gasteiger partial charge in [-0.1, -0.05) is 35.0 Å². The molecule has 0 aliphatic carbocycles. The quantitative estimate of drug-likeness (QED) is 0.631. The molecule has 1 heterocycles. The lowest BCUT2D eigenvalue weighted by Crippen LogP contribution is -2.21. The third-order valence-electron chi connectivity index (χ3n) is 3.92. The Morgan fingerprint density at radius 1 is 1.28 bits per heavy atom. The summed E-state index contributed by atoms with van der Waals surface area (Å²) in [5, 5.41) is 15.3. The molecule has 0 aliphatic rings. The maximum absolute atomic E-state index is 14.2. The van der Waals surface area contributed by atoms with Gasteiger partial charge in [0.25, 0.3) is 5.91 Å². The molecular weight excluding hydrogens is 401 g/mol. The minimum Gasteiger partial charge on any atom is -0.452 e. The number of halogens is 2. The van der Waals surface area contributed by atoms with Crippen molar-refractivity contribution in [3.05, 3.63) is 70.2 Å². The predicted molar refractivity (Wildman–Crippen MR) is 102 cm³/mol. The average Bonchev–Trinajstić information content (AvgIpc) is 3.07. The lowest BCUT2D eigenvalue weighted by molar-refractivity contribution is -0.119. The number of nitriles is 1. The first-order valence-corrected chi connectivity index (χ1v) is 8.67. The van der Waals surface area contributed by atoms with Crippen LogP contribution in [0.1, 0.15) is 21.7 Å². The number of hydrogen-bond donors (Lipinski definition) is 1. The van der Waals surface area contributed by atoms with E-state index in [0.717, 1.165) is 0 Å². The monoisotopic (exact) mass is 413 g/mol. The molecule has 0 saturated heterocycles. The van der Waals surface area contributed by atoms with Crippen molar-refractivity contribution < 1.29 is 23.2 Å². The first-order valence-electron chi connectivity index (χ1n) is 8.29. The predicted octanol–water partition coefficient (Wildman–Crippen LogP) is 4.11. The Morgan fingerprint density at radius 3 is 2.76 bits per heavy atom. The van der Waals surface area contributed by atoms with Gasteiger partial charge in [0.15, 0.2) is 6.61 Å². The highest BCUT2D eigenvalue weighted by molar-refractivity contribution is 6.33. The second-order valence-electron chi connectivity index (χ2n) is 5.84. The fraction of sp³-hybridized carbons (Fsp3) is 0.100. The van der Waals surface area contributed by atoms with E-state index < -0.39 is 24.3 Å². The Balaban J connectivity index is 1.76. The molecule has 0 saturated carbocycles. The van der Waals surface area contributed by atoms with Gasteiger partial charge in [-0.05, 0) is 31.2 Å². The molecule has 0 radical (unpaired) electrons. The van der Waals surface area contributed by atoms with Gasteiger partial charge in [-0.3, -0.25) is 4.79 Å². The third-order valence-corrected chi connectivity index (χ3v) is 4.24. The van der Waals surface area contributed by atoms with Crippen LogP contribution in [-0.2, 0) is 9.53 Å². The highest BCUT2D eigenvalue weighted by Crippen LogP contribution is 2.33. The number of carbonyl (C=O) groups excluding carboxylic acids is 2. The van der Waals surface area contributed by atoms with Crippen LogP contribution in [0.5, 0.6) is 0 Å². The molecule has 1 aromatic heterocycles. The molecule has 0 atom stereocenters. The molecule has 0 spiro atoms. The van der Waals surface area contributed by atoms with E-state index in [1.54, 1.807) is 18.2 Å². The number of aromatic nitrogens is 1. The van der Waals surface area contributed by atoms with E-state index in [0.29, 0.717) is 0 Å². The van der Waals surface area contributed by atoms with Gasteiger partial charge in [0.1, 0.15) is 28.9 Å². The van der Waals surface area contributed by atoms with Crippen LogP contribution >= 0.6 is 11.6 Å². The Hall–Kier alpha value is -3.70. The van der Waals surface area contributed by atoms with Crippen LogP contribution in [0.25, 0.3) is 11.3 Å². The van der Waals surface area contributed by atoms with Gasteiger partial charge in [0.05, 0.1) is 21.8 Å². The van der Waals surface area contributed by atoms with E-state index >= 15 is 0 Å². The van der Waals surface area contributed by atoms with E-state index in [4.69, 9.17) is 26.1 Å². The number of hydrogen-bond acceptors (Lipinski definition) is 6. The van der Waals surface area contributed by atoms with Crippen molar-refractivity contribution in [2.45, 2.75) is 6.92 Å². The molecule has 0 aliphatic heterocycles. The molecule has 0 bridgehead atoms. The van der Waals surface area contributed by atoms with Crippen molar-refractivity contribution in [1.29, 1.82) is 5.26 Å². The lowest BCUT2D eigenvalue weighted by atomic mass is 10.1. The summed E-state index contributed by atoms with van der Waals surface area (Å²) in [5.74, 6) is -2.19. The van der Waals surface area contributed by atoms with Crippen LogP contribution in [0.2, 0.25) is 5.02 Å². The van der Waals surface area contributed by atoms with Gasteiger partial charge in [-0.15, -0.1) is 0 Å². The molecule has 9 heteroatoms. The summed E-state index contributed by atoms with van der Waals surface area (Å²) < 4.78 is 24.2. The van der Waals surface area contributed by atoms with Gasteiger partial charge >= 0.3 is 5.97 Å². The Morgan fingerprint density at radius 2 is 2.03 bits per heavy atom. The van der Waals surface area contributed by atoms with E-state index in [1.165, 1.54) is 31.2 Å². The second kappa shape index (κ2) is 8.54. The number of aryl methyl sites for hydroxylation is 1. The van der Waals surface area contributed by atoms with Crippen molar-refractivity contribution in [2.75, 3.05) is 11.9 Å². The highest BCUT2D eigenvalue weighted by atomic mass is 35.5. The molecule has 3 aromatic rings. The van der Waals surface area contributed by atoms with Crippen molar-refractivity contribution in [2.24, 2.45) is 0 Å². The minimum atomic E-state index is -0.929. The Kier molecular flexibility index (Phi) is 5.90. The van der Waals surface area contributed by atoms with Gasteiger partial charge in [0, 0.05) is 0 Å². The zero-order valence-corrected chi connectivity index (χ0v) is 15.8. The van der Waals surface area contributed by atoms with Crippen LogP contribution in [0, 0.1) is 24.1 Å². The molecule has 146 valence electrons. The molecule has 1 N–H and O–H groups in total. The van der Waals surface area contributed by atoms with Crippen LogP contribution < -0.4 is 5.32 Å². The summed E-state index contributed by atoms with van der Waals surface area (Å²) in [6.07, 6.45) is 0. The number of ether oxygens (including phenoxy) is 1. The fourth-order valence-corrected chi connectivity index (χ4v) is 2.84. The van der Waals surface area contributed by atoms with Gasteiger partial charge < -0.3 is 14.6 Å². The number of carbonyl (C=O) groups is 2. The molecule has 0 unspecified atom stereocenters. The van der Waals surface area contributed by atoms with Crippen LogP contribution in [0.15, 0.2) is 47.0 Å². The van der Waals surface area contributed by atoms with Gasteiger partial charge in [0.2, 0.25) is 0 Å². The average molecular weight is 414 g/mol. The van der Waals surface area contributed by atoms with Crippen LogP contribution in [0.4, 0.5) is 10.1 Å².